The molecule has 3 aromatic rings. The summed E-state index contributed by atoms with van der Waals surface area (Å²) in [5, 5.41) is 7.48. The van der Waals surface area contributed by atoms with E-state index in [4.69, 9.17) is 27.9 Å². The molecule has 3 rings (SSSR count). The maximum atomic E-state index is 13.4. The number of carbonyl (C=O) groups excluding carboxylic acids is 1. The van der Waals surface area contributed by atoms with Crippen LogP contribution in [-0.4, -0.2) is 22.8 Å². The third kappa shape index (κ3) is 4.49. The average Bonchev–Trinajstić information content (AvgIpc) is 2.66. The Morgan fingerprint density at radius 2 is 1.96 bits per heavy atom. The van der Waals surface area contributed by atoms with Crippen LogP contribution in [0.4, 0.5) is 10.1 Å². The lowest BCUT2D eigenvalue weighted by Crippen LogP contribution is -2.29. The molecule has 0 saturated heterocycles. The fraction of sp³-hybridized carbons (Fsp3) is 0.105. The first kappa shape index (κ1) is 19.9. The molecule has 0 aliphatic heterocycles. The summed E-state index contributed by atoms with van der Waals surface area (Å²) in [5.41, 5.74) is 0.682. The van der Waals surface area contributed by atoms with E-state index < -0.39 is 17.3 Å². The standard InChI is InChI=1S/C19H14Cl2FN3O3/c1-28-17-9-12(22)3-4-13(17)15-6-7-19(27)25(24-15)10-18(26)23-16-8-11(20)2-5-14(16)21/h2-9H,10H2,1H3,(H,23,26). The van der Waals surface area contributed by atoms with Gasteiger partial charge in [-0.1, -0.05) is 23.2 Å². The summed E-state index contributed by atoms with van der Waals surface area (Å²) in [4.78, 5) is 24.4. The van der Waals surface area contributed by atoms with Crippen molar-refractivity contribution in [3.8, 4) is 17.0 Å². The summed E-state index contributed by atoms with van der Waals surface area (Å²) < 4.78 is 19.6. The van der Waals surface area contributed by atoms with Crippen molar-refractivity contribution in [2.45, 2.75) is 6.54 Å². The number of ether oxygens (including phenoxy) is 1. The van der Waals surface area contributed by atoms with Crippen LogP contribution in [0.15, 0.2) is 53.3 Å². The summed E-state index contributed by atoms with van der Waals surface area (Å²) in [7, 11) is 1.40. The Morgan fingerprint density at radius 1 is 1.18 bits per heavy atom. The average molecular weight is 422 g/mol. The van der Waals surface area contributed by atoms with Crippen molar-refractivity contribution in [3.63, 3.8) is 0 Å². The molecule has 1 heterocycles. The van der Waals surface area contributed by atoms with E-state index in [-0.39, 0.29) is 12.3 Å². The van der Waals surface area contributed by atoms with Gasteiger partial charge in [0.2, 0.25) is 5.91 Å². The molecular formula is C19H14Cl2FN3O3. The molecule has 2 aromatic carbocycles. The second-order valence-electron chi connectivity index (χ2n) is 5.73. The topological polar surface area (TPSA) is 73.2 Å². The van der Waals surface area contributed by atoms with E-state index in [2.05, 4.69) is 10.4 Å². The number of hydrogen-bond donors (Lipinski definition) is 1. The van der Waals surface area contributed by atoms with Crippen LogP contribution in [0.3, 0.4) is 0 Å². The highest BCUT2D eigenvalue weighted by Gasteiger charge is 2.13. The second kappa shape index (κ2) is 8.41. The van der Waals surface area contributed by atoms with Crippen molar-refractivity contribution < 1.29 is 13.9 Å². The first-order chi connectivity index (χ1) is 13.4. The molecule has 0 atom stereocenters. The number of hydrogen-bond acceptors (Lipinski definition) is 4. The van der Waals surface area contributed by atoms with Crippen LogP contribution in [0, 0.1) is 5.82 Å². The number of nitrogens with one attached hydrogen (secondary N) is 1. The second-order valence-corrected chi connectivity index (χ2v) is 6.58. The lowest BCUT2D eigenvalue weighted by Gasteiger charge is -2.11. The molecule has 28 heavy (non-hydrogen) atoms. The van der Waals surface area contributed by atoms with Gasteiger partial charge in [0.05, 0.1) is 23.5 Å². The van der Waals surface area contributed by atoms with Gasteiger partial charge in [-0.15, -0.1) is 0 Å². The first-order valence-electron chi connectivity index (χ1n) is 8.04. The van der Waals surface area contributed by atoms with Gasteiger partial charge in [0.1, 0.15) is 18.1 Å². The highest BCUT2D eigenvalue weighted by molar-refractivity contribution is 6.35. The molecule has 0 radical (unpaired) electrons. The normalized spacial score (nSPS) is 10.6. The Labute approximate surface area is 169 Å². The summed E-state index contributed by atoms with van der Waals surface area (Å²) in [6.45, 7) is -0.348. The molecule has 1 N–H and O–H groups in total. The molecule has 6 nitrogen and oxygen atoms in total. The van der Waals surface area contributed by atoms with Crippen LogP contribution < -0.4 is 15.6 Å². The van der Waals surface area contributed by atoms with Crippen LogP contribution in [0.2, 0.25) is 10.0 Å². The number of methoxy groups -OCH3 is 1. The van der Waals surface area contributed by atoms with Gasteiger partial charge in [-0.2, -0.15) is 5.10 Å². The SMILES string of the molecule is COc1cc(F)ccc1-c1ccc(=O)n(CC(=O)Nc2cc(Cl)ccc2Cl)n1. The van der Waals surface area contributed by atoms with Gasteiger partial charge in [-0.05, 0) is 36.4 Å². The quantitative estimate of drug-likeness (QED) is 0.675. The molecule has 0 bridgehead atoms. The summed E-state index contributed by atoms with van der Waals surface area (Å²) in [6.07, 6.45) is 0. The Hall–Kier alpha value is -2.90. The Kier molecular flexibility index (Phi) is 5.96. The largest absolute Gasteiger partial charge is 0.496 e. The van der Waals surface area contributed by atoms with Crippen molar-refractivity contribution in [3.05, 3.63) is 74.7 Å². The minimum atomic E-state index is -0.512. The van der Waals surface area contributed by atoms with Gasteiger partial charge in [0.15, 0.2) is 0 Å². The maximum Gasteiger partial charge on any atom is 0.267 e. The van der Waals surface area contributed by atoms with Crippen molar-refractivity contribution in [2.75, 3.05) is 12.4 Å². The van der Waals surface area contributed by atoms with Crippen LogP contribution >= 0.6 is 23.2 Å². The van der Waals surface area contributed by atoms with Crippen molar-refractivity contribution >= 4 is 34.8 Å². The van der Waals surface area contributed by atoms with E-state index in [1.807, 2.05) is 0 Å². The number of amides is 1. The molecule has 1 aromatic heterocycles. The van der Waals surface area contributed by atoms with Crippen LogP contribution in [0.1, 0.15) is 0 Å². The molecule has 0 unspecified atom stereocenters. The number of halogens is 3. The zero-order valence-electron chi connectivity index (χ0n) is 14.6. The molecular weight excluding hydrogens is 408 g/mol. The molecule has 9 heteroatoms. The van der Waals surface area contributed by atoms with E-state index in [0.29, 0.717) is 27.0 Å². The molecule has 144 valence electrons. The number of benzene rings is 2. The number of rotatable bonds is 5. The third-order valence-electron chi connectivity index (χ3n) is 3.80. The van der Waals surface area contributed by atoms with Gasteiger partial charge < -0.3 is 10.1 Å². The van der Waals surface area contributed by atoms with Gasteiger partial charge in [0.25, 0.3) is 5.56 Å². The summed E-state index contributed by atoms with van der Waals surface area (Å²) >= 11 is 11.9. The fourth-order valence-electron chi connectivity index (χ4n) is 2.50. The molecule has 0 saturated carbocycles. The lowest BCUT2D eigenvalue weighted by atomic mass is 10.1. The highest BCUT2D eigenvalue weighted by atomic mass is 35.5. The van der Waals surface area contributed by atoms with Crippen LogP contribution in [-0.2, 0) is 11.3 Å². The third-order valence-corrected chi connectivity index (χ3v) is 4.37. The van der Waals surface area contributed by atoms with Gasteiger partial charge in [-0.3, -0.25) is 9.59 Å². The van der Waals surface area contributed by atoms with E-state index in [0.717, 1.165) is 4.68 Å². The number of anilines is 1. The van der Waals surface area contributed by atoms with E-state index in [1.165, 1.54) is 43.5 Å². The number of carbonyl (C=O) groups is 1. The molecule has 0 aliphatic carbocycles. The summed E-state index contributed by atoms with van der Waals surface area (Å²) in [5.74, 6) is -0.721. The molecule has 0 aliphatic rings. The predicted octanol–water partition coefficient (Wildman–Crippen LogP) is 4.00. The zero-order chi connectivity index (χ0) is 20.3. The smallest absolute Gasteiger partial charge is 0.267 e. The van der Waals surface area contributed by atoms with E-state index >= 15 is 0 Å². The maximum absolute atomic E-state index is 13.4. The Bertz CT molecular complexity index is 1100. The van der Waals surface area contributed by atoms with Crippen molar-refractivity contribution in [1.29, 1.82) is 0 Å². The number of aromatic nitrogens is 2. The fourth-order valence-corrected chi connectivity index (χ4v) is 2.84. The summed E-state index contributed by atoms with van der Waals surface area (Å²) in [6, 6.07) is 11.3. The van der Waals surface area contributed by atoms with Crippen molar-refractivity contribution in [2.24, 2.45) is 0 Å². The predicted molar refractivity (Wildman–Crippen MR) is 106 cm³/mol. The van der Waals surface area contributed by atoms with Gasteiger partial charge in [0, 0.05) is 22.7 Å². The lowest BCUT2D eigenvalue weighted by molar-refractivity contribution is -0.117. The van der Waals surface area contributed by atoms with E-state index in [9.17, 15) is 14.0 Å². The highest BCUT2D eigenvalue weighted by Crippen LogP contribution is 2.28. The minimum absolute atomic E-state index is 0.257. The molecule has 0 fully saturated rings. The minimum Gasteiger partial charge on any atom is -0.496 e. The van der Waals surface area contributed by atoms with Gasteiger partial charge >= 0.3 is 0 Å². The van der Waals surface area contributed by atoms with E-state index in [1.54, 1.807) is 12.1 Å². The Morgan fingerprint density at radius 3 is 2.71 bits per heavy atom. The number of nitrogens with zero attached hydrogens (tertiary/aromatic N) is 2. The Balaban J connectivity index is 1.87. The molecule has 0 spiro atoms. The van der Waals surface area contributed by atoms with Crippen LogP contribution in [0.5, 0.6) is 5.75 Å². The van der Waals surface area contributed by atoms with Crippen LogP contribution in [0.25, 0.3) is 11.3 Å². The van der Waals surface area contributed by atoms with Gasteiger partial charge in [-0.25, -0.2) is 9.07 Å². The molecule has 1 amide bonds. The van der Waals surface area contributed by atoms with Crippen molar-refractivity contribution in [1.82, 2.24) is 9.78 Å². The zero-order valence-corrected chi connectivity index (χ0v) is 16.1. The monoisotopic (exact) mass is 421 g/mol. The first-order valence-corrected chi connectivity index (χ1v) is 8.80.